The number of H-pyrrole nitrogens is 1. The topological polar surface area (TPSA) is 41.6 Å². The van der Waals surface area contributed by atoms with Gasteiger partial charge < -0.3 is 4.98 Å². The summed E-state index contributed by atoms with van der Waals surface area (Å²) in [4.78, 5) is 9.36. The molecule has 2 aromatic rings. The molecule has 3 nitrogen and oxygen atoms in total. The molecular formula is C9H7F4N3. The normalized spacial score (nSPS) is 12.6. The Labute approximate surface area is 87.5 Å². The van der Waals surface area contributed by atoms with Gasteiger partial charge in [0.25, 0.3) is 0 Å². The summed E-state index contributed by atoms with van der Waals surface area (Å²) in [5.41, 5.74) is 0.794. The molecule has 0 spiro atoms. The van der Waals surface area contributed by atoms with Gasteiger partial charge in [0.05, 0.1) is 5.52 Å². The number of aromatic amines is 1. The van der Waals surface area contributed by atoms with E-state index in [-0.39, 0.29) is 11.2 Å². The zero-order chi connectivity index (χ0) is 11.9. The predicted octanol–water partition coefficient (Wildman–Crippen LogP) is 2.62. The first-order valence-electron chi connectivity index (χ1n) is 4.41. The van der Waals surface area contributed by atoms with Crippen LogP contribution in [-0.2, 0) is 5.92 Å². The summed E-state index contributed by atoms with van der Waals surface area (Å²) in [6.07, 6.45) is -3.80. The number of rotatable bonds is 2. The summed E-state index contributed by atoms with van der Waals surface area (Å²) in [5.74, 6) is -5.34. The molecule has 0 saturated heterocycles. The molecule has 0 unspecified atom stereocenters. The van der Waals surface area contributed by atoms with Gasteiger partial charge in [0, 0.05) is 5.69 Å². The zero-order valence-corrected chi connectivity index (χ0v) is 8.14. The van der Waals surface area contributed by atoms with Crippen LogP contribution in [0.1, 0.15) is 11.5 Å². The summed E-state index contributed by atoms with van der Waals surface area (Å²) in [6.45, 7) is 1.65. The lowest BCUT2D eigenvalue weighted by Crippen LogP contribution is -2.25. The average molecular weight is 233 g/mol. The maximum Gasteiger partial charge on any atom is 0.363 e. The lowest BCUT2D eigenvalue weighted by atomic mass is 10.3. The van der Waals surface area contributed by atoms with Gasteiger partial charge >= 0.3 is 12.3 Å². The second-order valence-electron chi connectivity index (χ2n) is 3.33. The molecule has 0 amide bonds. The SMILES string of the molecule is Cc1ccc2[nH]c(C(F)(F)C(F)F)nc2n1. The third kappa shape index (κ3) is 1.62. The van der Waals surface area contributed by atoms with Crippen molar-refractivity contribution in [2.45, 2.75) is 19.3 Å². The number of alkyl halides is 4. The van der Waals surface area contributed by atoms with Crippen LogP contribution in [0.3, 0.4) is 0 Å². The van der Waals surface area contributed by atoms with Crippen LogP contribution in [0.4, 0.5) is 17.6 Å². The fourth-order valence-electron chi connectivity index (χ4n) is 1.25. The van der Waals surface area contributed by atoms with E-state index in [0.29, 0.717) is 5.69 Å². The number of aryl methyl sites for hydroxylation is 1. The Bertz CT molecular complexity index is 520. The van der Waals surface area contributed by atoms with Gasteiger partial charge in [-0.1, -0.05) is 0 Å². The summed E-state index contributed by atoms with van der Waals surface area (Å²) < 4.78 is 50.0. The van der Waals surface area contributed by atoms with Crippen molar-refractivity contribution in [1.29, 1.82) is 0 Å². The van der Waals surface area contributed by atoms with Gasteiger partial charge in [0.15, 0.2) is 11.5 Å². The van der Waals surface area contributed by atoms with Crippen molar-refractivity contribution < 1.29 is 17.6 Å². The fourth-order valence-corrected chi connectivity index (χ4v) is 1.25. The van der Waals surface area contributed by atoms with E-state index in [0.717, 1.165) is 0 Å². The Morgan fingerprint density at radius 3 is 2.56 bits per heavy atom. The Hall–Kier alpha value is -1.66. The Morgan fingerprint density at radius 2 is 1.94 bits per heavy atom. The first-order chi connectivity index (χ1) is 7.41. The lowest BCUT2D eigenvalue weighted by molar-refractivity contribution is -0.140. The van der Waals surface area contributed by atoms with Crippen molar-refractivity contribution >= 4 is 11.2 Å². The molecule has 2 rings (SSSR count). The molecule has 0 bridgehead atoms. The van der Waals surface area contributed by atoms with Crippen LogP contribution in [0.25, 0.3) is 11.2 Å². The van der Waals surface area contributed by atoms with Crippen LogP contribution >= 0.6 is 0 Å². The largest absolute Gasteiger partial charge is 0.363 e. The fraction of sp³-hybridized carbons (Fsp3) is 0.333. The van der Waals surface area contributed by atoms with Crippen molar-refractivity contribution in [2.24, 2.45) is 0 Å². The van der Waals surface area contributed by atoms with E-state index in [1.54, 1.807) is 13.0 Å². The van der Waals surface area contributed by atoms with Gasteiger partial charge in [0.1, 0.15) is 0 Å². The molecular weight excluding hydrogens is 226 g/mol. The first kappa shape index (κ1) is 10.8. The van der Waals surface area contributed by atoms with Gasteiger partial charge in [-0.15, -0.1) is 0 Å². The van der Waals surface area contributed by atoms with E-state index < -0.39 is 18.2 Å². The molecule has 0 atom stereocenters. The first-order valence-corrected chi connectivity index (χ1v) is 4.41. The van der Waals surface area contributed by atoms with Crippen molar-refractivity contribution in [3.05, 3.63) is 23.7 Å². The Kier molecular flexibility index (Phi) is 2.32. The van der Waals surface area contributed by atoms with E-state index in [2.05, 4.69) is 15.0 Å². The highest BCUT2D eigenvalue weighted by atomic mass is 19.3. The van der Waals surface area contributed by atoms with Gasteiger partial charge in [-0.2, -0.15) is 8.78 Å². The van der Waals surface area contributed by atoms with Crippen LogP contribution in [-0.4, -0.2) is 21.4 Å². The third-order valence-electron chi connectivity index (χ3n) is 2.07. The van der Waals surface area contributed by atoms with Crippen LogP contribution in [0.2, 0.25) is 0 Å². The van der Waals surface area contributed by atoms with Crippen molar-refractivity contribution in [3.63, 3.8) is 0 Å². The summed E-state index contributed by atoms with van der Waals surface area (Å²) in [5, 5.41) is 0. The standard InChI is InChI=1S/C9H7F4N3/c1-4-2-3-5-6(14-4)16-8(15-5)9(12,13)7(10)11/h2-3,7H,1H3,(H,14,15,16). The summed E-state index contributed by atoms with van der Waals surface area (Å²) in [6, 6.07) is 3.04. The summed E-state index contributed by atoms with van der Waals surface area (Å²) in [7, 11) is 0. The smallest absolute Gasteiger partial charge is 0.335 e. The predicted molar refractivity (Wildman–Crippen MR) is 48.5 cm³/mol. The minimum Gasteiger partial charge on any atom is -0.335 e. The highest BCUT2D eigenvalue weighted by Gasteiger charge is 2.45. The van der Waals surface area contributed by atoms with Crippen molar-refractivity contribution in [3.8, 4) is 0 Å². The molecule has 2 aromatic heterocycles. The molecule has 1 N–H and O–H groups in total. The second-order valence-corrected chi connectivity index (χ2v) is 3.33. The molecule has 0 saturated carbocycles. The molecule has 7 heteroatoms. The van der Waals surface area contributed by atoms with E-state index in [4.69, 9.17) is 0 Å². The van der Waals surface area contributed by atoms with Crippen LogP contribution in [0, 0.1) is 6.92 Å². The Balaban J connectivity index is 2.55. The number of pyridine rings is 1. The maximum absolute atomic E-state index is 12.9. The van der Waals surface area contributed by atoms with Crippen molar-refractivity contribution in [2.75, 3.05) is 0 Å². The van der Waals surface area contributed by atoms with E-state index >= 15 is 0 Å². The molecule has 16 heavy (non-hydrogen) atoms. The Morgan fingerprint density at radius 1 is 1.25 bits per heavy atom. The second kappa shape index (κ2) is 3.43. The van der Waals surface area contributed by atoms with Crippen LogP contribution in [0.5, 0.6) is 0 Å². The van der Waals surface area contributed by atoms with Crippen LogP contribution in [0.15, 0.2) is 12.1 Å². The maximum atomic E-state index is 12.9. The number of hydrogen-bond acceptors (Lipinski definition) is 2. The number of nitrogens with zero attached hydrogens (tertiary/aromatic N) is 2. The monoisotopic (exact) mass is 233 g/mol. The van der Waals surface area contributed by atoms with Gasteiger partial charge in [0.2, 0.25) is 0 Å². The summed E-state index contributed by atoms with van der Waals surface area (Å²) >= 11 is 0. The molecule has 0 aromatic carbocycles. The zero-order valence-electron chi connectivity index (χ0n) is 8.14. The molecule has 0 aliphatic rings. The number of fused-ring (bicyclic) bond motifs is 1. The van der Waals surface area contributed by atoms with E-state index in [1.165, 1.54) is 6.07 Å². The molecule has 0 aliphatic heterocycles. The highest BCUT2D eigenvalue weighted by molar-refractivity contribution is 5.70. The molecule has 0 aliphatic carbocycles. The van der Waals surface area contributed by atoms with Gasteiger partial charge in [-0.3, -0.25) is 0 Å². The molecule has 0 fully saturated rings. The molecule has 2 heterocycles. The third-order valence-corrected chi connectivity index (χ3v) is 2.07. The van der Waals surface area contributed by atoms with E-state index in [1.807, 2.05) is 0 Å². The number of aromatic nitrogens is 3. The van der Waals surface area contributed by atoms with Crippen molar-refractivity contribution in [1.82, 2.24) is 15.0 Å². The molecule has 86 valence electrons. The number of imidazole rings is 1. The van der Waals surface area contributed by atoms with Gasteiger partial charge in [-0.25, -0.2) is 18.7 Å². The molecule has 0 radical (unpaired) electrons. The average Bonchev–Trinajstić information content (AvgIpc) is 2.60. The minimum absolute atomic E-state index is 0.00956. The van der Waals surface area contributed by atoms with Crippen LogP contribution < -0.4 is 0 Å². The lowest BCUT2D eigenvalue weighted by Gasteiger charge is -2.10. The number of nitrogens with one attached hydrogen (secondary N) is 1. The highest BCUT2D eigenvalue weighted by Crippen LogP contribution is 2.33. The van der Waals surface area contributed by atoms with E-state index in [9.17, 15) is 17.6 Å². The minimum atomic E-state index is -4.28. The van der Waals surface area contributed by atoms with Gasteiger partial charge in [-0.05, 0) is 19.1 Å². The number of halogens is 4. The quantitative estimate of drug-likeness (QED) is 0.810. The number of hydrogen-bond donors (Lipinski definition) is 1.